The van der Waals surface area contributed by atoms with Gasteiger partial charge in [-0.2, -0.15) is 41.1 Å². The molecule has 154 valence electrons. The maximum atomic E-state index is 12.9. The van der Waals surface area contributed by atoms with Gasteiger partial charge in [0.2, 0.25) is 0 Å². The van der Waals surface area contributed by atoms with E-state index in [9.17, 15) is 31.1 Å². The van der Waals surface area contributed by atoms with E-state index in [1.807, 2.05) is 0 Å². The Hall–Kier alpha value is -3.43. The van der Waals surface area contributed by atoms with Gasteiger partial charge in [-0.15, -0.1) is 0 Å². The van der Waals surface area contributed by atoms with Crippen LogP contribution in [-0.4, -0.2) is 21.5 Å². The zero-order valence-electron chi connectivity index (χ0n) is 15.1. The van der Waals surface area contributed by atoms with Crippen molar-refractivity contribution in [3.05, 3.63) is 76.6 Å². The number of alkyl halides is 6. The van der Waals surface area contributed by atoms with Gasteiger partial charge < -0.3 is 0 Å². The molecule has 30 heavy (non-hydrogen) atoms. The predicted molar refractivity (Wildman–Crippen MR) is 95.3 cm³/mol. The summed E-state index contributed by atoms with van der Waals surface area (Å²) >= 11 is 0. The van der Waals surface area contributed by atoms with E-state index in [0.29, 0.717) is 16.8 Å². The van der Waals surface area contributed by atoms with Gasteiger partial charge in [0, 0.05) is 11.1 Å². The Labute approximate surface area is 165 Å². The summed E-state index contributed by atoms with van der Waals surface area (Å²) < 4.78 is 78.0. The highest BCUT2D eigenvalue weighted by Gasteiger charge is 2.34. The molecule has 10 heteroatoms. The lowest BCUT2D eigenvalue weighted by Crippen LogP contribution is -2.09. The summed E-state index contributed by atoms with van der Waals surface area (Å²) in [6.07, 6.45) is -9.02. The number of hydrogen-bond acceptors (Lipinski definition) is 2. The molecule has 3 aromatic rings. The van der Waals surface area contributed by atoms with Gasteiger partial charge in [0.15, 0.2) is 0 Å². The summed E-state index contributed by atoms with van der Waals surface area (Å²) in [7, 11) is 0. The quantitative estimate of drug-likeness (QED) is 0.496. The molecule has 1 aromatic heterocycles. The number of aliphatic imine (C=N–C) groups is 1. The van der Waals surface area contributed by atoms with Gasteiger partial charge in [0.1, 0.15) is 11.4 Å². The van der Waals surface area contributed by atoms with Gasteiger partial charge in [0.05, 0.1) is 16.8 Å². The zero-order chi connectivity index (χ0) is 21.8. The molecule has 0 radical (unpaired) electrons. The van der Waals surface area contributed by atoms with Gasteiger partial charge in [-0.3, -0.25) is 0 Å². The molecule has 1 amide bonds. The van der Waals surface area contributed by atoms with Crippen LogP contribution in [0.4, 0.5) is 31.1 Å². The second-order valence-corrected chi connectivity index (χ2v) is 6.61. The maximum absolute atomic E-state index is 12.9. The van der Waals surface area contributed by atoms with Crippen molar-refractivity contribution in [1.82, 2.24) is 9.78 Å². The number of carbonyl (C=O) groups excluding carboxylic acids is 1. The van der Waals surface area contributed by atoms with Crippen LogP contribution in [0.1, 0.15) is 28.1 Å². The second-order valence-electron chi connectivity index (χ2n) is 6.61. The molecular formula is C20H11F6N3O. The van der Waals surface area contributed by atoms with Crippen molar-refractivity contribution in [3.8, 4) is 11.1 Å². The first-order valence-electron chi connectivity index (χ1n) is 8.55. The Morgan fingerprint density at radius 1 is 0.767 bits per heavy atom. The lowest BCUT2D eigenvalue weighted by atomic mass is 9.96. The average Bonchev–Trinajstić information content (AvgIpc) is 3.16. The summed E-state index contributed by atoms with van der Waals surface area (Å²) in [5.74, 6) is 0. The van der Waals surface area contributed by atoms with E-state index in [2.05, 4.69) is 10.1 Å². The maximum Gasteiger partial charge on any atom is 0.416 e. The van der Waals surface area contributed by atoms with Crippen LogP contribution in [0.3, 0.4) is 0 Å². The number of nitrogens with zero attached hydrogens (tertiary/aromatic N) is 3. The summed E-state index contributed by atoms with van der Waals surface area (Å²) in [6, 6.07) is 7.68. The molecule has 0 saturated heterocycles. The minimum Gasteiger partial charge on any atom is -0.244 e. The number of fused-ring (bicyclic) bond motifs is 1. The van der Waals surface area contributed by atoms with Crippen molar-refractivity contribution in [2.24, 2.45) is 4.99 Å². The van der Waals surface area contributed by atoms with Gasteiger partial charge >= 0.3 is 18.4 Å². The number of halogens is 6. The van der Waals surface area contributed by atoms with E-state index >= 15 is 0 Å². The number of benzene rings is 2. The number of rotatable bonds is 2. The number of carbonyl (C=O) groups is 1. The van der Waals surface area contributed by atoms with Crippen molar-refractivity contribution in [1.29, 1.82) is 0 Å². The van der Waals surface area contributed by atoms with E-state index in [1.165, 1.54) is 24.3 Å². The zero-order valence-corrected chi connectivity index (χ0v) is 15.1. The van der Waals surface area contributed by atoms with E-state index in [1.54, 1.807) is 6.92 Å². The van der Waals surface area contributed by atoms with Crippen molar-refractivity contribution < 1.29 is 31.1 Å². The predicted octanol–water partition coefficient (Wildman–Crippen LogP) is 5.72. The summed E-state index contributed by atoms with van der Waals surface area (Å²) in [5, 5.41) is 4.10. The minimum absolute atomic E-state index is 0.101. The van der Waals surface area contributed by atoms with Gasteiger partial charge in [-0.05, 0) is 36.8 Å². The number of aromatic nitrogens is 2. The smallest absolute Gasteiger partial charge is 0.244 e. The summed E-state index contributed by atoms with van der Waals surface area (Å²) in [4.78, 5) is 16.1. The molecule has 0 fully saturated rings. The Kier molecular flexibility index (Phi) is 4.33. The normalized spacial score (nSPS) is 14.1. The van der Waals surface area contributed by atoms with Crippen LogP contribution in [0.15, 0.2) is 53.5 Å². The van der Waals surface area contributed by atoms with Crippen molar-refractivity contribution in [2.45, 2.75) is 19.3 Å². The molecule has 0 aliphatic carbocycles. The Balaban J connectivity index is 1.81. The Morgan fingerprint density at radius 2 is 1.23 bits per heavy atom. The molecule has 4 nitrogen and oxygen atoms in total. The van der Waals surface area contributed by atoms with Crippen LogP contribution >= 0.6 is 0 Å². The Bertz CT molecular complexity index is 1170. The third kappa shape index (κ3) is 3.27. The standard InChI is InChI=1S/C20H11F6N3O/c1-10-15(11-2-6-13(7-3-11)19(21,22)23)17-16(27-18(30)29(17)28-10)12-4-8-14(9-5-12)20(24,25)26/h2-9H,1H3. The van der Waals surface area contributed by atoms with E-state index < -0.39 is 29.5 Å². The first-order valence-corrected chi connectivity index (χ1v) is 8.55. The minimum atomic E-state index is -4.52. The monoisotopic (exact) mass is 423 g/mol. The van der Waals surface area contributed by atoms with Crippen molar-refractivity contribution >= 4 is 11.7 Å². The molecule has 0 spiro atoms. The average molecular weight is 423 g/mol. The SMILES string of the molecule is Cc1nn2c(c1-c1ccc(C(F)(F)F)cc1)C(c1ccc(C(F)(F)F)cc1)=NC2=O. The van der Waals surface area contributed by atoms with Gasteiger partial charge in [0.25, 0.3) is 0 Å². The molecule has 1 aliphatic heterocycles. The Morgan fingerprint density at radius 3 is 1.70 bits per heavy atom. The molecule has 0 saturated carbocycles. The van der Waals surface area contributed by atoms with Gasteiger partial charge in [-0.1, -0.05) is 24.3 Å². The number of aryl methyl sites for hydroxylation is 1. The fraction of sp³-hybridized carbons (Fsp3) is 0.150. The molecule has 2 heterocycles. The van der Waals surface area contributed by atoms with E-state index in [0.717, 1.165) is 28.9 Å². The van der Waals surface area contributed by atoms with E-state index in [4.69, 9.17) is 0 Å². The topological polar surface area (TPSA) is 47.2 Å². The van der Waals surface area contributed by atoms with E-state index in [-0.39, 0.29) is 17.0 Å². The molecule has 1 aliphatic rings. The van der Waals surface area contributed by atoms with Crippen LogP contribution in [0.25, 0.3) is 11.1 Å². The fourth-order valence-electron chi connectivity index (χ4n) is 3.27. The van der Waals surface area contributed by atoms with Gasteiger partial charge in [-0.25, -0.2) is 4.79 Å². The molecule has 0 N–H and O–H groups in total. The molecule has 0 bridgehead atoms. The number of hydrogen-bond donors (Lipinski definition) is 0. The molecule has 0 unspecified atom stereocenters. The lowest BCUT2D eigenvalue weighted by Gasteiger charge is -2.10. The third-order valence-electron chi connectivity index (χ3n) is 4.66. The molecule has 2 aromatic carbocycles. The summed E-state index contributed by atoms with van der Waals surface area (Å²) in [6.45, 7) is 1.58. The first kappa shape index (κ1) is 19.9. The third-order valence-corrected chi connectivity index (χ3v) is 4.66. The highest BCUT2D eigenvalue weighted by atomic mass is 19.4. The lowest BCUT2D eigenvalue weighted by molar-refractivity contribution is -0.138. The van der Waals surface area contributed by atoms with Crippen LogP contribution in [0.2, 0.25) is 0 Å². The highest BCUT2D eigenvalue weighted by molar-refractivity contribution is 6.23. The number of amides is 1. The highest BCUT2D eigenvalue weighted by Crippen LogP contribution is 2.36. The van der Waals surface area contributed by atoms with Crippen LogP contribution in [-0.2, 0) is 12.4 Å². The summed E-state index contributed by atoms with van der Waals surface area (Å²) in [5.41, 5.74) is 0.00959. The van der Waals surface area contributed by atoms with Crippen molar-refractivity contribution in [2.75, 3.05) is 0 Å². The molecule has 4 rings (SSSR count). The van der Waals surface area contributed by atoms with Crippen molar-refractivity contribution in [3.63, 3.8) is 0 Å². The molecule has 0 atom stereocenters. The first-order chi connectivity index (χ1) is 14.0. The van der Waals surface area contributed by atoms with Crippen LogP contribution in [0, 0.1) is 6.92 Å². The van der Waals surface area contributed by atoms with Crippen LogP contribution < -0.4 is 0 Å². The largest absolute Gasteiger partial charge is 0.416 e. The second kappa shape index (κ2) is 6.54. The molecular weight excluding hydrogens is 412 g/mol. The van der Waals surface area contributed by atoms with Crippen LogP contribution in [0.5, 0.6) is 0 Å². The fourth-order valence-corrected chi connectivity index (χ4v) is 3.27.